The van der Waals surface area contributed by atoms with Gasteiger partial charge in [-0.25, -0.2) is 0 Å². The molecule has 1 heterocycles. The summed E-state index contributed by atoms with van der Waals surface area (Å²) in [5.41, 5.74) is 3.31. The first-order chi connectivity index (χ1) is 6.97. The van der Waals surface area contributed by atoms with Crippen molar-refractivity contribution in [3.05, 3.63) is 17.0 Å². The molecule has 0 fully saturated rings. The van der Waals surface area contributed by atoms with Gasteiger partial charge in [-0.15, -0.1) is 0 Å². The first-order valence-electron chi connectivity index (χ1n) is 5.50. The van der Waals surface area contributed by atoms with E-state index in [0.29, 0.717) is 6.54 Å². The van der Waals surface area contributed by atoms with Crippen molar-refractivity contribution in [1.82, 2.24) is 9.78 Å². The predicted molar refractivity (Wildman–Crippen MR) is 60.9 cm³/mol. The van der Waals surface area contributed by atoms with Gasteiger partial charge in [0.15, 0.2) is 5.78 Å². The molecule has 3 nitrogen and oxygen atoms in total. The van der Waals surface area contributed by atoms with Crippen LogP contribution in [0.5, 0.6) is 0 Å². The van der Waals surface area contributed by atoms with Gasteiger partial charge in [-0.1, -0.05) is 13.8 Å². The summed E-state index contributed by atoms with van der Waals surface area (Å²) in [6.07, 6.45) is 0.900. The third-order valence-electron chi connectivity index (χ3n) is 3.21. The Kier molecular flexibility index (Phi) is 3.66. The summed E-state index contributed by atoms with van der Waals surface area (Å²) in [6.45, 7) is 10.5. The van der Waals surface area contributed by atoms with Crippen LogP contribution in [0.2, 0.25) is 0 Å². The van der Waals surface area contributed by atoms with E-state index in [1.165, 1.54) is 5.56 Å². The van der Waals surface area contributed by atoms with E-state index in [1.54, 1.807) is 0 Å². The molecule has 15 heavy (non-hydrogen) atoms. The molecule has 0 aliphatic carbocycles. The van der Waals surface area contributed by atoms with E-state index >= 15 is 0 Å². The minimum atomic E-state index is 0.134. The third-order valence-corrected chi connectivity index (χ3v) is 3.21. The Morgan fingerprint density at radius 2 is 2.00 bits per heavy atom. The average molecular weight is 208 g/mol. The van der Waals surface area contributed by atoms with Crippen molar-refractivity contribution in [3.63, 3.8) is 0 Å². The zero-order chi connectivity index (χ0) is 11.6. The SMILES string of the molecule is CCC(C)C(=O)Cn1nc(C)c(C)c1C. The lowest BCUT2D eigenvalue weighted by Gasteiger charge is -2.08. The standard InChI is InChI=1S/C12H20N2O/c1-6-8(2)12(15)7-14-11(5)9(3)10(4)13-14/h8H,6-7H2,1-5H3. The second-order valence-electron chi connectivity index (χ2n) is 4.23. The molecule has 1 atom stereocenters. The fraction of sp³-hybridized carbons (Fsp3) is 0.667. The summed E-state index contributed by atoms with van der Waals surface area (Å²) in [4.78, 5) is 11.8. The quantitative estimate of drug-likeness (QED) is 0.761. The molecule has 0 saturated heterocycles. The average Bonchev–Trinajstić information content (AvgIpc) is 2.45. The summed E-state index contributed by atoms with van der Waals surface area (Å²) in [6, 6.07) is 0. The molecule has 0 radical (unpaired) electrons. The van der Waals surface area contributed by atoms with E-state index in [2.05, 4.69) is 5.10 Å². The van der Waals surface area contributed by atoms with Gasteiger partial charge in [0.25, 0.3) is 0 Å². The number of Topliss-reactive ketones (excluding diaryl/α,β-unsaturated/α-hetero) is 1. The minimum Gasteiger partial charge on any atom is -0.297 e. The van der Waals surface area contributed by atoms with Crippen molar-refractivity contribution >= 4 is 5.78 Å². The summed E-state index contributed by atoms with van der Waals surface area (Å²) < 4.78 is 1.82. The number of aryl methyl sites for hydroxylation is 1. The summed E-state index contributed by atoms with van der Waals surface area (Å²) in [5.74, 6) is 0.400. The van der Waals surface area contributed by atoms with Crippen molar-refractivity contribution in [1.29, 1.82) is 0 Å². The Morgan fingerprint density at radius 3 is 2.40 bits per heavy atom. The minimum absolute atomic E-state index is 0.134. The van der Waals surface area contributed by atoms with E-state index in [1.807, 2.05) is 39.3 Å². The monoisotopic (exact) mass is 208 g/mol. The molecule has 1 unspecified atom stereocenters. The van der Waals surface area contributed by atoms with Gasteiger partial charge in [0.05, 0.1) is 5.69 Å². The van der Waals surface area contributed by atoms with Crippen LogP contribution in [-0.2, 0) is 11.3 Å². The molecule has 1 aromatic heterocycles. The largest absolute Gasteiger partial charge is 0.297 e. The number of hydrogen-bond donors (Lipinski definition) is 0. The van der Waals surface area contributed by atoms with Crippen molar-refractivity contribution in [2.75, 3.05) is 0 Å². The number of hydrogen-bond acceptors (Lipinski definition) is 2. The first-order valence-corrected chi connectivity index (χ1v) is 5.50. The van der Waals surface area contributed by atoms with Crippen molar-refractivity contribution in [3.8, 4) is 0 Å². The Bertz CT molecular complexity index is 366. The van der Waals surface area contributed by atoms with Crippen LogP contribution in [0.1, 0.15) is 37.2 Å². The molecule has 3 heteroatoms. The number of aromatic nitrogens is 2. The van der Waals surface area contributed by atoms with Gasteiger partial charge in [-0.3, -0.25) is 9.48 Å². The number of nitrogens with zero attached hydrogens (tertiary/aromatic N) is 2. The lowest BCUT2D eigenvalue weighted by molar-refractivity contribution is -0.123. The molecule has 1 aromatic rings. The Hall–Kier alpha value is -1.12. The lowest BCUT2D eigenvalue weighted by Crippen LogP contribution is -2.19. The zero-order valence-electron chi connectivity index (χ0n) is 10.3. The van der Waals surface area contributed by atoms with Crippen molar-refractivity contribution in [2.24, 2.45) is 5.92 Å². The van der Waals surface area contributed by atoms with Gasteiger partial charge >= 0.3 is 0 Å². The Labute approximate surface area is 91.5 Å². The molecule has 0 aromatic carbocycles. The highest BCUT2D eigenvalue weighted by Gasteiger charge is 2.14. The Morgan fingerprint density at radius 1 is 1.40 bits per heavy atom. The highest BCUT2D eigenvalue weighted by atomic mass is 16.1. The highest BCUT2D eigenvalue weighted by Crippen LogP contribution is 2.12. The number of ketones is 1. The smallest absolute Gasteiger partial charge is 0.157 e. The molecule has 0 spiro atoms. The summed E-state index contributed by atoms with van der Waals surface area (Å²) >= 11 is 0. The fourth-order valence-electron chi connectivity index (χ4n) is 1.47. The highest BCUT2D eigenvalue weighted by molar-refractivity contribution is 5.80. The molecular weight excluding hydrogens is 188 g/mol. The van der Waals surface area contributed by atoms with Gasteiger partial charge in [-0.05, 0) is 32.8 Å². The van der Waals surface area contributed by atoms with E-state index < -0.39 is 0 Å². The van der Waals surface area contributed by atoms with Crippen molar-refractivity contribution < 1.29 is 4.79 Å². The van der Waals surface area contributed by atoms with E-state index in [-0.39, 0.29) is 11.7 Å². The van der Waals surface area contributed by atoms with Crippen LogP contribution in [-0.4, -0.2) is 15.6 Å². The number of carbonyl (C=O) groups is 1. The summed E-state index contributed by atoms with van der Waals surface area (Å²) in [7, 11) is 0. The molecule has 0 aliphatic rings. The molecular formula is C12H20N2O. The zero-order valence-corrected chi connectivity index (χ0v) is 10.3. The maximum atomic E-state index is 11.8. The lowest BCUT2D eigenvalue weighted by atomic mass is 10.0. The van der Waals surface area contributed by atoms with Crippen molar-refractivity contribution in [2.45, 2.75) is 47.6 Å². The third kappa shape index (κ3) is 2.46. The molecule has 84 valence electrons. The molecule has 0 N–H and O–H groups in total. The predicted octanol–water partition coefficient (Wildman–Crippen LogP) is 2.42. The van der Waals surface area contributed by atoms with E-state index in [4.69, 9.17) is 0 Å². The molecule has 1 rings (SSSR count). The topological polar surface area (TPSA) is 34.9 Å². The molecule has 0 saturated carbocycles. The number of rotatable bonds is 4. The van der Waals surface area contributed by atoms with Crippen LogP contribution in [0.25, 0.3) is 0 Å². The van der Waals surface area contributed by atoms with Gasteiger partial charge in [0, 0.05) is 11.6 Å². The van der Waals surface area contributed by atoms with Crippen LogP contribution in [0.4, 0.5) is 0 Å². The van der Waals surface area contributed by atoms with Gasteiger partial charge in [-0.2, -0.15) is 5.10 Å². The maximum Gasteiger partial charge on any atom is 0.157 e. The molecule has 0 amide bonds. The second-order valence-corrected chi connectivity index (χ2v) is 4.23. The van der Waals surface area contributed by atoms with Crippen LogP contribution in [0.3, 0.4) is 0 Å². The molecule has 0 bridgehead atoms. The van der Waals surface area contributed by atoms with Gasteiger partial charge in [0.1, 0.15) is 6.54 Å². The second kappa shape index (κ2) is 4.60. The van der Waals surface area contributed by atoms with E-state index in [0.717, 1.165) is 17.8 Å². The van der Waals surface area contributed by atoms with Gasteiger partial charge in [0.2, 0.25) is 0 Å². The number of carbonyl (C=O) groups excluding carboxylic acids is 1. The Balaban J connectivity index is 2.81. The van der Waals surface area contributed by atoms with Crippen LogP contribution < -0.4 is 0 Å². The normalized spacial score (nSPS) is 12.9. The molecule has 0 aliphatic heterocycles. The van der Waals surface area contributed by atoms with Crippen LogP contribution in [0, 0.1) is 26.7 Å². The van der Waals surface area contributed by atoms with E-state index in [9.17, 15) is 4.79 Å². The maximum absolute atomic E-state index is 11.8. The summed E-state index contributed by atoms with van der Waals surface area (Å²) in [5, 5.41) is 4.36. The fourth-order valence-corrected chi connectivity index (χ4v) is 1.47. The van der Waals surface area contributed by atoms with Gasteiger partial charge < -0.3 is 0 Å². The first kappa shape index (κ1) is 12.0. The van der Waals surface area contributed by atoms with Crippen LogP contribution >= 0.6 is 0 Å². The van der Waals surface area contributed by atoms with Crippen LogP contribution in [0.15, 0.2) is 0 Å².